The standard InChI is InChI=1S/C25H29ClF4N4O7S2/c1-24(2,25(28,29)30)41-23(35)32-16-6-9-22-21(12-16)34(42(36,37)18-7-8-20(27)19(26)13-18)15-17(40-22)14-31-43(38,39)33-10-4-3-5-11-33/h6-9,12-13,17,31H,3-5,10-11,14-15H2,1-2H3,(H,32,35)/t17-/m0/s1. The molecule has 2 heterocycles. The first kappa shape index (κ1) is 33.0. The Bertz CT molecular complexity index is 1580. The normalized spacial score (nSPS) is 18.5. The summed E-state index contributed by atoms with van der Waals surface area (Å²) in [6.07, 6.45) is -5.03. The third-order valence-electron chi connectivity index (χ3n) is 6.80. The maximum Gasteiger partial charge on any atom is 0.427 e. The van der Waals surface area contributed by atoms with Crippen LogP contribution in [0.15, 0.2) is 41.3 Å². The van der Waals surface area contributed by atoms with Gasteiger partial charge in [-0.15, -0.1) is 0 Å². The molecule has 2 aromatic carbocycles. The van der Waals surface area contributed by atoms with E-state index in [0.717, 1.165) is 35.0 Å². The van der Waals surface area contributed by atoms with Crippen molar-refractivity contribution >= 4 is 49.3 Å². The van der Waals surface area contributed by atoms with Gasteiger partial charge in [0.05, 0.1) is 28.7 Å². The number of amides is 1. The number of fused-ring (bicyclic) bond motifs is 1. The van der Waals surface area contributed by atoms with Crippen LogP contribution in [0.3, 0.4) is 0 Å². The van der Waals surface area contributed by atoms with E-state index in [1.807, 2.05) is 0 Å². The third-order valence-corrected chi connectivity index (χ3v) is 10.4. The fourth-order valence-corrected chi connectivity index (χ4v) is 7.40. The van der Waals surface area contributed by atoms with Gasteiger partial charge in [0.25, 0.3) is 20.2 Å². The molecule has 0 unspecified atom stereocenters. The van der Waals surface area contributed by atoms with Gasteiger partial charge in [0.15, 0.2) is 0 Å². The van der Waals surface area contributed by atoms with E-state index in [2.05, 4.69) is 14.8 Å². The van der Waals surface area contributed by atoms with Crippen molar-refractivity contribution in [1.82, 2.24) is 9.03 Å². The number of nitrogens with zero attached hydrogens (tertiary/aromatic N) is 2. The molecule has 2 N–H and O–H groups in total. The van der Waals surface area contributed by atoms with Crippen LogP contribution in [0.2, 0.25) is 5.02 Å². The first-order valence-electron chi connectivity index (χ1n) is 13.0. The monoisotopic (exact) mass is 672 g/mol. The predicted molar refractivity (Wildman–Crippen MR) is 149 cm³/mol. The molecule has 1 atom stereocenters. The van der Waals surface area contributed by atoms with Crippen molar-refractivity contribution in [3.63, 3.8) is 0 Å². The molecule has 0 spiro atoms. The largest absolute Gasteiger partial charge is 0.485 e. The summed E-state index contributed by atoms with van der Waals surface area (Å²) in [6.45, 7) is 1.26. The van der Waals surface area contributed by atoms with Crippen molar-refractivity contribution in [3.8, 4) is 5.75 Å². The summed E-state index contributed by atoms with van der Waals surface area (Å²) in [4.78, 5) is 11.9. The average molecular weight is 673 g/mol. The second kappa shape index (κ2) is 12.3. The van der Waals surface area contributed by atoms with Gasteiger partial charge in [-0.3, -0.25) is 9.62 Å². The molecule has 0 radical (unpaired) electrons. The van der Waals surface area contributed by atoms with Gasteiger partial charge in [0, 0.05) is 18.8 Å². The Morgan fingerprint density at radius 1 is 1.07 bits per heavy atom. The fraction of sp³-hybridized carbons (Fsp3) is 0.480. The molecule has 0 aliphatic carbocycles. The molecule has 2 aliphatic rings. The summed E-state index contributed by atoms with van der Waals surface area (Å²) >= 11 is 5.82. The van der Waals surface area contributed by atoms with Crippen molar-refractivity contribution in [2.75, 3.05) is 35.8 Å². The Labute approximate surface area is 251 Å². The number of piperidine rings is 1. The minimum Gasteiger partial charge on any atom is -0.485 e. The van der Waals surface area contributed by atoms with E-state index in [1.165, 1.54) is 16.4 Å². The Morgan fingerprint density at radius 3 is 2.37 bits per heavy atom. The van der Waals surface area contributed by atoms with Crippen molar-refractivity contribution in [3.05, 3.63) is 47.2 Å². The van der Waals surface area contributed by atoms with Crippen molar-refractivity contribution < 1.29 is 48.7 Å². The smallest absolute Gasteiger partial charge is 0.427 e. The summed E-state index contributed by atoms with van der Waals surface area (Å²) in [5.74, 6) is -0.903. The van der Waals surface area contributed by atoms with Gasteiger partial charge in [-0.25, -0.2) is 17.6 Å². The molecule has 18 heteroatoms. The van der Waals surface area contributed by atoms with Gasteiger partial charge >= 0.3 is 12.3 Å². The molecule has 0 aromatic heterocycles. The molecule has 2 aromatic rings. The molecule has 2 aliphatic heterocycles. The molecular weight excluding hydrogens is 644 g/mol. The van der Waals surface area contributed by atoms with Gasteiger partial charge in [0.1, 0.15) is 17.7 Å². The lowest BCUT2D eigenvalue weighted by Gasteiger charge is -2.36. The second-order valence-electron chi connectivity index (χ2n) is 10.4. The van der Waals surface area contributed by atoms with Crippen molar-refractivity contribution in [2.24, 2.45) is 0 Å². The SMILES string of the molecule is CC(C)(OC(=O)Nc1ccc2c(c1)N(S(=O)(=O)c1ccc(F)c(Cl)c1)C[C@H](CNS(=O)(=O)N1CCCCC1)O2)C(F)(F)F. The Kier molecular flexibility index (Phi) is 9.42. The predicted octanol–water partition coefficient (Wildman–Crippen LogP) is 4.65. The minimum atomic E-state index is -4.86. The van der Waals surface area contributed by atoms with Crippen LogP contribution in [0.4, 0.5) is 33.7 Å². The van der Waals surface area contributed by atoms with Crippen LogP contribution in [-0.2, 0) is 25.0 Å². The van der Waals surface area contributed by atoms with E-state index in [4.69, 9.17) is 16.3 Å². The first-order chi connectivity index (χ1) is 19.9. The number of rotatable bonds is 8. The number of sulfonamides is 1. The van der Waals surface area contributed by atoms with E-state index in [0.29, 0.717) is 39.8 Å². The summed E-state index contributed by atoms with van der Waals surface area (Å²) in [7, 11) is -8.38. The Morgan fingerprint density at radius 2 is 1.74 bits per heavy atom. The van der Waals surface area contributed by atoms with Crippen LogP contribution in [0.25, 0.3) is 0 Å². The van der Waals surface area contributed by atoms with Crippen LogP contribution in [0.1, 0.15) is 33.1 Å². The first-order valence-corrected chi connectivity index (χ1v) is 16.3. The van der Waals surface area contributed by atoms with E-state index in [-0.39, 0.29) is 23.7 Å². The van der Waals surface area contributed by atoms with E-state index < -0.39 is 66.5 Å². The van der Waals surface area contributed by atoms with Gasteiger partial charge in [-0.05, 0) is 63.1 Å². The number of carbonyl (C=O) groups excluding carboxylic acids is 1. The van der Waals surface area contributed by atoms with Crippen molar-refractivity contribution in [2.45, 2.75) is 55.9 Å². The number of halogens is 5. The van der Waals surface area contributed by atoms with Gasteiger partial charge in [-0.1, -0.05) is 18.0 Å². The highest BCUT2D eigenvalue weighted by Gasteiger charge is 2.51. The van der Waals surface area contributed by atoms with Crippen LogP contribution < -0.4 is 19.1 Å². The van der Waals surface area contributed by atoms with Gasteiger partial charge < -0.3 is 9.47 Å². The summed E-state index contributed by atoms with van der Waals surface area (Å²) in [5, 5.41) is 1.67. The lowest BCUT2D eigenvalue weighted by molar-refractivity contribution is -0.242. The molecule has 43 heavy (non-hydrogen) atoms. The van der Waals surface area contributed by atoms with Crippen LogP contribution in [0, 0.1) is 5.82 Å². The van der Waals surface area contributed by atoms with Gasteiger partial charge in [0.2, 0.25) is 5.60 Å². The van der Waals surface area contributed by atoms with Crippen LogP contribution in [-0.4, -0.2) is 71.3 Å². The summed E-state index contributed by atoms with van der Waals surface area (Å²) in [5.41, 5.74) is -3.09. The average Bonchev–Trinajstić information content (AvgIpc) is 2.92. The summed E-state index contributed by atoms with van der Waals surface area (Å²) < 4.78 is 121. The molecule has 238 valence electrons. The number of anilines is 2. The number of alkyl halides is 3. The molecule has 4 rings (SSSR count). The van der Waals surface area contributed by atoms with Crippen LogP contribution >= 0.6 is 11.6 Å². The summed E-state index contributed by atoms with van der Waals surface area (Å²) in [6, 6.07) is 6.36. The Balaban J connectivity index is 1.63. The Hall–Kier alpha value is -2.86. The zero-order chi connectivity index (χ0) is 31.8. The number of carbonyl (C=O) groups is 1. The molecule has 1 fully saturated rings. The molecule has 0 bridgehead atoms. The number of benzene rings is 2. The van der Waals surface area contributed by atoms with E-state index in [1.54, 1.807) is 0 Å². The molecule has 11 nitrogen and oxygen atoms in total. The molecule has 1 amide bonds. The zero-order valence-electron chi connectivity index (χ0n) is 22.9. The highest BCUT2D eigenvalue weighted by molar-refractivity contribution is 7.92. The lowest BCUT2D eigenvalue weighted by Crippen LogP contribution is -2.51. The minimum absolute atomic E-state index is 0.0419. The maximum absolute atomic E-state index is 13.8. The van der Waals surface area contributed by atoms with Crippen LogP contribution in [0.5, 0.6) is 5.75 Å². The quantitative estimate of drug-likeness (QED) is 0.390. The molecule has 0 saturated carbocycles. The van der Waals surface area contributed by atoms with E-state index in [9.17, 15) is 39.2 Å². The number of nitrogens with one attached hydrogen (secondary N) is 2. The lowest BCUT2D eigenvalue weighted by atomic mass is 10.1. The zero-order valence-corrected chi connectivity index (χ0v) is 25.3. The number of hydrogen-bond acceptors (Lipinski definition) is 7. The van der Waals surface area contributed by atoms with E-state index >= 15 is 0 Å². The maximum atomic E-state index is 13.8. The topological polar surface area (TPSA) is 134 Å². The third kappa shape index (κ3) is 7.45. The highest BCUT2D eigenvalue weighted by Crippen LogP contribution is 2.40. The number of ether oxygens (including phenoxy) is 2. The molecular formula is C25H29ClF4N4O7S2. The highest BCUT2D eigenvalue weighted by atomic mass is 35.5. The number of hydrogen-bond donors (Lipinski definition) is 2. The van der Waals surface area contributed by atoms with Gasteiger partial charge in [-0.2, -0.15) is 30.6 Å². The molecule has 1 saturated heterocycles. The second-order valence-corrected chi connectivity index (χ2v) is 14.4. The fourth-order valence-electron chi connectivity index (χ4n) is 4.32. The van der Waals surface area contributed by atoms with Crippen molar-refractivity contribution in [1.29, 1.82) is 0 Å².